The highest BCUT2D eigenvalue weighted by Crippen LogP contribution is 2.36. The van der Waals surface area contributed by atoms with Gasteiger partial charge in [-0.3, -0.25) is 0 Å². The van der Waals surface area contributed by atoms with Gasteiger partial charge in [0.2, 0.25) is 0 Å². The van der Waals surface area contributed by atoms with Crippen molar-refractivity contribution in [3.05, 3.63) is 100 Å². The highest BCUT2D eigenvalue weighted by Gasteiger charge is 2.37. The normalized spacial score (nSPS) is 18.6. The summed E-state index contributed by atoms with van der Waals surface area (Å²) >= 11 is 0. The molecule has 1 fully saturated rings. The molecule has 0 atom stereocenters. The van der Waals surface area contributed by atoms with Gasteiger partial charge in [-0.2, -0.15) is 13.2 Å². The predicted molar refractivity (Wildman–Crippen MR) is 131 cm³/mol. The van der Waals surface area contributed by atoms with Crippen molar-refractivity contribution < 1.29 is 26.3 Å². The van der Waals surface area contributed by atoms with Gasteiger partial charge in [-0.05, 0) is 83.5 Å². The number of hydrogen-bond donors (Lipinski definition) is 0. The molecule has 3 aromatic rings. The molecule has 0 aromatic heterocycles. The molecule has 6 heteroatoms. The number of hydrogen-bond acceptors (Lipinski definition) is 0. The van der Waals surface area contributed by atoms with E-state index >= 15 is 0 Å². The average molecular weight is 503 g/mol. The van der Waals surface area contributed by atoms with Crippen LogP contribution < -0.4 is 0 Å². The van der Waals surface area contributed by atoms with E-state index in [1.54, 1.807) is 12.1 Å². The van der Waals surface area contributed by atoms with E-state index in [-0.39, 0.29) is 11.4 Å². The lowest BCUT2D eigenvalue weighted by molar-refractivity contribution is -0.142. The van der Waals surface area contributed by atoms with Gasteiger partial charge in [0.1, 0.15) is 23.0 Å². The first-order valence-corrected chi connectivity index (χ1v) is 12.2. The molecule has 1 aliphatic rings. The van der Waals surface area contributed by atoms with E-state index < -0.39 is 23.4 Å². The second-order valence-corrected chi connectivity index (χ2v) is 9.68. The van der Waals surface area contributed by atoms with Gasteiger partial charge in [-0.15, -0.1) is 0 Å². The quantitative estimate of drug-likeness (QED) is 0.294. The minimum absolute atomic E-state index is 0.0278. The third kappa shape index (κ3) is 6.21. The first-order chi connectivity index (χ1) is 17.1. The van der Waals surface area contributed by atoms with Crippen molar-refractivity contribution in [3.8, 4) is 11.1 Å². The molecule has 0 bridgehead atoms. The van der Waals surface area contributed by atoms with Gasteiger partial charge in [-0.1, -0.05) is 68.3 Å². The van der Waals surface area contributed by atoms with Crippen LogP contribution in [0.15, 0.2) is 60.7 Å². The smallest absolute Gasteiger partial charge is 0.207 e. The predicted octanol–water partition coefficient (Wildman–Crippen LogP) is 9.73. The van der Waals surface area contributed by atoms with Crippen molar-refractivity contribution in [3.63, 3.8) is 0 Å². The summed E-state index contributed by atoms with van der Waals surface area (Å²) in [7, 11) is 0. The summed E-state index contributed by atoms with van der Waals surface area (Å²) in [5.74, 6) is -2.28. The van der Waals surface area contributed by atoms with Gasteiger partial charge < -0.3 is 0 Å². The molecule has 0 N–H and O–H groups in total. The topological polar surface area (TPSA) is 0 Å². The Labute approximate surface area is 207 Å². The monoisotopic (exact) mass is 502 g/mol. The van der Waals surface area contributed by atoms with E-state index in [2.05, 4.69) is 19.1 Å². The number of rotatable bonds is 6. The third-order valence-electron chi connectivity index (χ3n) is 7.02. The summed E-state index contributed by atoms with van der Waals surface area (Å²) in [5, 5.41) is 0. The fraction of sp³-hybridized carbons (Fsp3) is 0.333. The summed E-state index contributed by atoms with van der Waals surface area (Å²) in [6.45, 7) is 2.30. The first-order valence-electron chi connectivity index (χ1n) is 12.2. The molecule has 36 heavy (non-hydrogen) atoms. The van der Waals surface area contributed by atoms with Crippen LogP contribution in [0.3, 0.4) is 0 Å². The number of aryl methyl sites for hydroxylation is 1. The van der Waals surface area contributed by atoms with Crippen LogP contribution >= 0.6 is 0 Å². The molecule has 0 aliphatic heterocycles. The van der Waals surface area contributed by atoms with Crippen LogP contribution in [0.25, 0.3) is 17.2 Å². The maximum atomic E-state index is 14.7. The number of allylic oxidation sites excluding steroid dienone is 1. The number of benzene rings is 3. The Kier molecular flexibility index (Phi) is 7.91. The van der Waals surface area contributed by atoms with E-state index in [0.29, 0.717) is 36.5 Å². The van der Waals surface area contributed by atoms with E-state index in [1.165, 1.54) is 43.4 Å². The molecule has 0 saturated heterocycles. The standard InChI is InChI=1S/C30H28F6/c1-19-6-8-21(9-7-19)22-10-12-23(13-11-22)25-15-14-24(26(31)18-25)5-3-2-4-20-16-27(32)29(28(33)17-20)30(34,35)36/h2,4,10-19,21H,3,5-9H2,1H3/b4-2+. The van der Waals surface area contributed by atoms with Crippen LogP contribution in [-0.4, -0.2) is 0 Å². The van der Waals surface area contributed by atoms with Crippen molar-refractivity contribution in [2.75, 3.05) is 0 Å². The number of halogens is 6. The van der Waals surface area contributed by atoms with Crippen molar-refractivity contribution >= 4 is 6.08 Å². The largest absolute Gasteiger partial charge is 0.422 e. The molecular weight excluding hydrogens is 474 g/mol. The molecule has 4 rings (SSSR count). The van der Waals surface area contributed by atoms with Gasteiger partial charge in [-0.25, -0.2) is 13.2 Å². The Bertz CT molecular complexity index is 1190. The minimum Gasteiger partial charge on any atom is -0.207 e. The van der Waals surface area contributed by atoms with Gasteiger partial charge in [0, 0.05) is 0 Å². The molecule has 1 saturated carbocycles. The maximum absolute atomic E-state index is 14.7. The van der Waals surface area contributed by atoms with Crippen molar-refractivity contribution in [1.29, 1.82) is 0 Å². The average Bonchev–Trinajstić information content (AvgIpc) is 2.82. The SMILES string of the molecule is CC1CCC(c2ccc(-c3ccc(CC/C=C/c4cc(F)c(C(F)(F)F)c(F)c4)c(F)c3)cc2)CC1. The van der Waals surface area contributed by atoms with Crippen LogP contribution in [0.4, 0.5) is 26.3 Å². The van der Waals surface area contributed by atoms with E-state index in [4.69, 9.17) is 0 Å². The van der Waals surface area contributed by atoms with Crippen LogP contribution in [0.1, 0.15) is 67.2 Å². The molecule has 0 radical (unpaired) electrons. The lowest BCUT2D eigenvalue weighted by Gasteiger charge is -2.26. The summed E-state index contributed by atoms with van der Waals surface area (Å²) in [5.41, 5.74) is 1.62. The summed E-state index contributed by atoms with van der Waals surface area (Å²) in [6, 6.07) is 14.7. The Morgan fingerprint density at radius 1 is 0.778 bits per heavy atom. The number of alkyl halides is 3. The zero-order chi connectivity index (χ0) is 25.9. The summed E-state index contributed by atoms with van der Waals surface area (Å²) in [6.07, 6.45) is 3.41. The summed E-state index contributed by atoms with van der Waals surface area (Å²) < 4.78 is 80.2. The Morgan fingerprint density at radius 2 is 1.39 bits per heavy atom. The Hall–Kier alpha value is -3.02. The lowest BCUT2D eigenvalue weighted by atomic mass is 9.79. The highest BCUT2D eigenvalue weighted by molar-refractivity contribution is 5.64. The molecule has 0 nitrogen and oxygen atoms in total. The fourth-order valence-corrected chi connectivity index (χ4v) is 4.89. The molecule has 0 spiro atoms. The van der Waals surface area contributed by atoms with Gasteiger partial charge in [0.05, 0.1) is 0 Å². The molecular formula is C30H28F6. The lowest BCUT2D eigenvalue weighted by Crippen LogP contribution is -2.11. The molecule has 3 aromatic carbocycles. The molecule has 1 aliphatic carbocycles. The van der Waals surface area contributed by atoms with Gasteiger partial charge in [0.25, 0.3) is 0 Å². The molecule has 190 valence electrons. The minimum atomic E-state index is -5.10. The zero-order valence-electron chi connectivity index (χ0n) is 20.0. The molecule has 0 unspecified atom stereocenters. The maximum Gasteiger partial charge on any atom is 0.422 e. The van der Waals surface area contributed by atoms with Crippen molar-refractivity contribution in [1.82, 2.24) is 0 Å². The zero-order valence-corrected chi connectivity index (χ0v) is 20.0. The highest BCUT2D eigenvalue weighted by atomic mass is 19.4. The van der Waals surface area contributed by atoms with Crippen molar-refractivity contribution in [2.45, 2.75) is 57.5 Å². The third-order valence-corrected chi connectivity index (χ3v) is 7.02. The van der Waals surface area contributed by atoms with Crippen LogP contribution in [0.2, 0.25) is 0 Å². The molecule has 0 heterocycles. The van der Waals surface area contributed by atoms with Crippen LogP contribution in [0, 0.1) is 23.4 Å². The van der Waals surface area contributed by atoms with Gasteiger partial charge >= 0.3 is 6.18 Å². The first kappa shape index (κ1) is 26.1. The molecule has 0 amide bonds. The van der Waals surface area contributed by atoms with E-state index in [1.807, 2.05) is 18.2 Å². The summed E-state index contributed by atoms with van der Waals surface area (Å²) in [4.78, 5) is 0. The van der Waals surface area contributed by atoms with Crippen LogP contribution in [-0.2, 0) is 12.6 Å². The second kappa shape index (κ2) is 10.9. The Morgan fingerprint density at radius 3 is 1.97 bits per heavy atom. The fourth-order valence-electron chi connectivity index (χ4n) is 4.89. The second-order valence-electron chi connectivity index (χ2n) is 9.68. The van der Waals surface area contributed by atoms with E-state index in [9.17, 15) is 26.3 Å². The van der Waals surface area contributed by atoms with E-state index in [0.717, 1.165) is 17.0 Å². The Balaban J connectivity index is 1.37. The van der Waals surface area contributed by atoms with Crippen LogP contribution in [0.5, 0.6) is 0 Å². The van der Waals surface area contributed by atoms with Gasteiger partial charge in [0.15, 0.2) is 0 Å². The van der Waals surface area contributed by atoms with Crippen molar-refractivity contribution in [2.24, 2.45) is 5.92 Å².